The van der Waals surface area contributed by atoms with E-state index in [4.69, 9.17) is 11.6 Å². The number of carbonyl (C=O) groups is 1. The van der Waals surface area contributed by atoms with E-state index in [1.54, 1.807) is 12.1 Å². The first-order valence-corrected chi connectivity index (χ1v) is 7.35. The molecule has 0 fully saturated rings. The molecule has 1 N–H and O–H groups in total. The fourth-order valence-corrected chi connectivity index (χ4v) is 2.57. The minimum Gasteiger partial charge on any atom is -0.321 e. The number of halogens is 2. The highest BCUT2D eigenvalue weighted by molar-refractivity contribution is 14.1. The van der Waals surface area contributed by atoms with E-state index in [0.717, 1.165) is 5.56 Å². The van der Waals surface area contributed by atoms with Gasteiger partial charge >= 0.3 is 0 Å². The summed E-state index contributed by atoms with van der Waals surface area (Å²) >= 11 is 8.01. The summed E-state index contributed by atoms with van der Waals surface area (Å²) in [7, 11) is 0. The molecule has 0 bridgehead atoms. The summed E-state index contributed by atoms with van der Waals surface area (Å²) in [5.41, 5.74) is 1.55. The first-order valence-electron chi connectivity index (χ1n) is 5.90. The van der Waals surface area contributed by atoms with Crippen molar-refractivity contribution in [1.29, 1.82) is 0 Å². The molecule has 0 unspecified atom stereocenters. The van der Waals surface area contributed by atoms with Crippen molar-refractivity contribution >= 4 is 51.5 Å². The molecule has 1 amide bonds. The molecular weight excluding hydrogens is 407 g/mol. The van der Waals surface area contributed by atoms with E-state index in [0.29, 0.717) is 14.3 Å². The van der Waals surface area contributed by atoms with Crippen molar-refractivity contribution in [3.63, 3.8) is 0 Å². The standard InChI is InChI=1S/C14H10ClIN2O3/c1-8-2-5-13(11(15)6-8)17-14(19)10-7-9(18(20)21)3-4-12(10)16/h2-7H,1H3,(H,17,19). The lowest BCUT2D eigenvalue weighted by molar-refractivity contribution is -0.384. The zero-order valence-electron chi connectivity index (χ0n) is 10.9. The Morgan fingerprint density at radius 2 is 2.00 bits per heavy atom. The maximum Gasteiger partial charge on any atom is 0.270 e. The van der Waals surface area contributed by atoms with Crippen LogP contribution in [0.15, 0.2) is 36.4 Å². The van der Waals surface area contributed by atoms with Gasteiger partial charge in [0.25, 0.3) is 11.6 Å². The average Bonchev–Trinajstić information content (AvgIpc) is 2.42. The Morgan fingerprint density at radius 3 is 2.62 bits per heavy atom. The van der Waals surface area contributed by atoms with Crippen LogP contribution < -0.4 is 5.32 Å². The summed E-state index contributed by atoms with van der Waals surface area (Å²) < 4.78 is 0.624. The Balaban J connectivity index is 2.32. The molecule has 108 valence electrons. The van der Waals surface area contributed by atoms with Crippen molar-refractivity contribution in [1.82, 2.24) is 0 Å². The molecule has 0 aliphatic rings. The third-order valence-electron chi connectivity index (χ3n) is 2.78. The van der Waals surface area contributed by atoms with Crippen molar-refractivity contribution in [2.24, 2.45) is 0 Å². The van der Waals surface area contributed by atoms with Gasteiger partial charge in [0.15, 0.2) is 0 Å². The number of hydrogen-bond donors (Lipinski definition) is 1. The monoisotopic (exact) mass is 416 g/mol. The summed E-state index contributed by atoms with van der Waals surface area (Å²) in [6.45, 7) is 1.89. The van der Waals surface area contributed by atoms with E-state index in [-0.39, 0.29) is 11.3 Å². The number of rotatable bonds is 3. The minimum absolute atomic E-state index is 0.129. The summed E-state index contributed by atoms with van der Waals surface area (Å²) in [5.74, 6) is -0.436. The van der Waals surface area contributed by atoms with E-state index in [9.17, 15) is 14.9 Å². The smallest absolute Gasteiger partial charge is 0.270 e. The van der Waals surface area contributed by atoms with Crippen molar-refractivity contribution < 1.29 is 9.72 Å². The largest absolute Gasteiger partial charge is 0.321 e. The van der Waals surface area contributed by atoms with Gasteiger partial charge in [-0.05, 0) is 53.3 Å². The molecule has 21 heavy (non-hydrogen) atoms. The SMILES string of the molecule is Cc1ccc(NC(=O)c2cc([N+](=O)[O-])ccc2I)c(Cl)c1. The number of aryl methyl sites for hydroxylation is 1. The van der Waals surface area contributed by atoms with Gasteiger partial charge < -0.3 is 5.32 Å². The topological polar surface area (TPSA) is 72.2 Å². The second-order valence-corrected chi connectivity index (χ2v) is 5.93. The number of nitrogens with zero attached hydrogens (tertiary/aromatic N) is 1. The maximum absolute atomic E-state index is 12.2. The number of carbonyl (C=O) groups excluding carboxylic acids is 1. The number of amides is 1. The number of benzene rings is 2. The first kappa shape index (κ1) is 15.7. The van der Waals surface area contributed by atoms with Crippen LogP contribution in [0.5, 0.6) is 0 Å². The first-order chi connectivity index (χ1) is 9.88. The van der Waals surface area contributed by atoms with Gasteiger partial charge in [0.1, 0.15) is 0 Å². The quantitative estimate of drug-likeness (QED) is 0.457. The van der Waals surface area contributed by atoms with Crippen molar-refractivity contribution in [3.8, 4) is 0 Å². The summed E-state index contributed by atoms with van der Waals surface area (Å²) in [4.78, 5) is 22.5. The van der Waals surface area contributed by atoms with Crippen molar-refractivity contribution in [2.75, 3.05) is 5.32 Å². The normalized spacial score (nSPS) is 10.2. The Bertz CT molecular complexity index is 734. The van der Waals surface area contributed by atoms with E-state index in [1.165, 1.54) is 18.2 Å². The molecule has 0 saturated carbocycles. The molecule has 0 atom stereocenters. The lowest BCUT2D eigenvalue weighted by atomic mass is 10.1. The molecule has 2 aromatic carbocycles. The molecule has 2 rings (SSSR count). The van der Waals surface area contributed by atoms with Crippen LogP contribution in [0.4, 0.5) is 11.4 Å². The van der Waals surface area contributed by atoms with Gasteiger partial charge in [0.2, 0.25) is 0 Å². The van der Waals surface area contributed by atoms with Crippen LogP contribution in [0.2, 0.25) is 5.02 Å². The predicted molar refractivity (Wildman–Crippen MR) is 90.0 cm³/mol. The fourth-order valence-electron chi connectivity index (χ4n) is 1.71. The summed E-state index contributed by atoms with van der Waals surface area (Å²) in [6.07, 6.45) is 0. The number of nitro benzene ring substituents is 1. The van der Waals surface area contributed by atoms with Crippen LogP contribution in [-0.4, -0.2) is 10.8 Å². The number of hydrogen-bond acceptors (Lipinski definition) is 3. The molecule has 0 aromatic heterocycles. The van der Waals surface area contributed by atoms with Crippen LogP contribution >= 0.6 is 34.2 Å². The molecule has 0 aliphatic carbocycles. The van der Waals surface area contributed by atoms with E-state index < -0.39 is 10.8 Å². The molecule has 5 nitrogen and oxygen atoms in total. The van der Waals surface area contributed by atoms with Gasteiger partial charge in [-0.1, -0.05) is 17.7 Å². The average molecular weight is 417 g/mol. The van der Waals surface area contributed by atoms with Gasteiger partial charge in [0.05, 0.1) is 21.2 Å². The predicted octanol–water partition coefficient (Wildman–Crippen LogP) is 4.41. The van der Waals surface area contributed by atoms with Crippen LogP contribution in [-0.2, 0) is 0 Å². The van der Waals surface area contributed by atoms with Crippen molar-refractivity contribution in [2.45, 2.75) is 6.92 Å². The summed E-state index contributed by atoms with van der Waals surface area (Å²) in [6, 6.07) is 9.39. The lowest BCUT2D eigenvalue weighted by Gasteiger charge is -2.09. The zero-order valence-corrected chi connectivity index (χ0v) is 13.8. The van der Waals surface area contributed by atoms with E-state index in [1.807, 2.05) is 35.6 Å². The maximum atomic E-state index is 12.2. The highest BCUT2D eigenvalue weighted by atomic mass is 127. The number of nitrogens with one attached hydrogen (secondary N) is 1. The Labute approximate surface area is 139 Å². The Hall–Kier alpha value is -1.67. The van der Waals surface area contributed by atoms with Gasteiger partial charge in [-0.25, -0.2) is 0 Å². The van der Waals surface area contributed by atoms with Crippen molar-refractivity contribution in [3.05, 3.63) is 66.2 Å². The number of anilines is 1. The van der Waals surface area contributed by atoms with Crippen LogP contribution in [0.25, 0.3) is 0 Å². The van der Waals surface area contributed by atoms with E-state index in [2.05, 4.69) is 5.32 Å². The number of non-ortho nitro benzene ring substituents is 1. The van der Waals surface area contributed by atoms with Crippen LogP contribution in [0.1, 0.15) is 15.9 Å². The second kappa shape index (κ2) is 6.40. The van der Waals surface area contributed by atoms with E-state index >= 15 is 0 Å². The third-order valence-corrected chi connectivity index (χ3v) is 4.03. The molecule has 2 aromatic rings. The van der Waals surface area contributed by atoms with Gasteiger partial charge in [-0.3, -0.25) is 14.9 Å². The molecule has 7 heteroatoms. The molecule has 0 radical (unpaired) electrons. The molecule has 0 spiro atoms. The van der Waals surface area contributed by atoms with Gasteiger partial charge in [-0.2, -0.15) is 0 Å². The highest BCUT2D eigenvalue weighted by Crippen LogP contribution is 2.25. The van der Waals surface area contributed by atoms with Gasteiger partial charge in [-0.15, -0.1) is 0 Å². The molecule has 0 heterocycles. The molecular formula is C14H10ClIN2O3. The highest BCUT2D eigenvalue weighted by Gasteiger charge is 2.16. The fraction of sp³-hybridized carbons (Fsp3) is 0.0714. The molecule has 0 aliphatic heterocycles. The third kappa shape index (κ3) is 3.70. The minimum atomic E-state index is -0.536. The number of nitro groups is 1. The zero-order chi connectivity index (χ0) is 15.6. The lowest BCUT2D eigenvalue weighted by Crippen LogP contribution is -2.14. The molecule has 0 saturated heterocycles. The Morgan fingerprint density at radius 1 is 1.29 bits per heavy atom. The second-order valence-electron chi connectivity index (χ2n) is 4.36. The van der Waals surface area contributed by atoms with Crippen LogP contribution in [0, 0.1) is 20.6 Å². The van der Waals surface area contributed by atoms with Crippen LogP contribution in [0.3, 0.4) is 0 Å². The summed E-state index contributed by atoms with van der Waals surface area (Å²) in [5, 5.41) is 13.9. The van der Waals surface area contributed by atoms with Gasteiger partial charge in [0, 0.05) is 15.7 Å². The Kier molecular flexibility index (Phi) is 4.79.